The van der Waals surface area contributed by atoms with Crippen molar-refractivity contribution >= 4 is 43.6 Å². The molecule has 4 aromatic carbocycles. The Morgan fingerprint density at radius 1 is 0.765 bits per heavy atom. The van der Waals surface area contributed by atoms with E-state index in [0.717, 1.165) is 0 Å². The number of hydrogen-bond acceptors (Lipinski definition) is 8. The van der Waals surface area contributed by atoms with E-state index in [2.05, 4.69) is 20.5 Å². The summed E-state index contributed by atoms with van der Waals surface area (Å²) in [5.74, 6) is 0.389. The molecule has 0 atom stereocenters. The SMILES string of the molecule is COc1ccccc1N=Nc1ccc(N=Nc2ccc([O-])cc2)c2ccc(S(=O)(=O)O)cc12.[Na+]. The van der Waals surface area contributed by atoms with Crippen LogP contribution >= 0.6 is 0 Å². The van der Waals surface area contributed by atoms with Gasteiger partial charge in [-0.1, -0.05) is 30.3 Å². The van der Waals surface area contributed by atoms with Crippen LogP contribution in [0.25, 0.3) is 10.8 Å². The second-order valence-electron chi connectivity index (χ2n) is 6.85. The van der Waals surface area contributed by atoms with Crippen molar-refractivity contribution in [2.75, 3.05) is 7.11 Å². The summed E-state index contributed by atoms with van der Waals surface area (Å²) in [5.41, 5.74) is 1.77. The van der Waals surface area contributed by atoms with Crippen LogP contribution in [0.1, 0.15) is 0 Å². The summed E-state index contributed by atoms with van der Waals surface area (Å²) in [4.78, 5) is -0.288. The second-order valence-corrected chi connectivity index (χ2v) is 8.27. The molecule has 0 heterocycles. The van der Waals surface area contributed by atoms with Crippen LogP contribution in [-0.2, 0) is 10.1 Å². The average Bonchev–Trinajstić information content (AvgIpc) is 2.82. The Bertz CT molecular complexity index is 1490. The van der Waals surface area contributed by atoms with Gasteiger partial charge in [-0.05, 0) is 48.5 Å². The van der Waals surface area contributed by atoms with Crippen LogP contribution in [0.15, 0.2) is 104 Å². The normalized spacial score (nSPS) is 11.7. The minimum absolute atomic E-state index is 0. The summed E-state index contributed by atoms with van der Waals surface area (Å²) in [7, 11) is -2.92. The maximum absolute atomic E-state index is 11.7. The molecule has 1 N–H and O–H groups in total. The third-order valence-electron chi connectivity index (χ3n) is 4.70. The van der Waals surface area contributed by atoms with Crippen molar-refractivity contribution in [1.82, 2.24) is 0 Å². The molecule has 0 amide bonds. The summed E-state index contributed by atoms with van der Waals surface area (Å²) >= 11 is 0. The zero-order valence-electron chi connectivity index (χ0n) is 18.3. The van der Waals surface area contributed by atoms with Gasteiger partial charge in [-0.3, -0.25) is 4.55 Å². The Morgan fingerprint density at radius 3 is 2.06 bits per heavy atom. The summed E-state index contributed by atoms with van der Waals surface area (Å²) in [6, 6.07) is 20.3. The van der Waals surface area contributed by atoms with E-state index in [9.17, 15) is 18.1 Å². The maximum Gasteiger partial charge on any atom is 1.00 e. The van der Waals surface area contributed by atoms with Gasteiger partial charge in [-0.2, -0.15) is 13.5 Å². The van der Waals surface area contributed by atoms with Crippen molar-refractivity contribution in [2.24, 2.45) is 20.5 Å². The van der Waals surface area contributed by atoms with Gasteiger partial charge in [0.15, 0.2) is 0 Å². The number of para-hydroxylation sites is 1. The Hall–Kier alpha value is -3.15. The number of nitrogens with zero attached hydrogens (tertiary/aromatic N) is 4. The van der Waals surface area contributed by atoms with Gasteiger partial charge in [0.2, 0.25) is 0 Å². The van der Waals surface area contributed by atoms with Crippen LogP contribution in [0.4, 0.5) is 22.7 Å². The molecule has 0 aliphatic carbocycles. The van der Waals surface area contributed by atoms with Crippen molar-refractivity contribution < 1.29 is 52.4 Å². The van der Waals surface area contributed by atoms with Gasteiger partial charge in [0, 0.05) is 10.8 Å². The van der Waals surface area contributed by atoms with Crippen LogP contribution in [0.2, 0.25) is 0 Å². The van der Waals surface area contributed by atoms with Gasteiger partial charge >= 0.3 is 29.6 Å². The van der Waals surface area contributed by atoms with Gasteiger partial charge in [-0.15, -0.1) is 21.1 Å². The molecular formula is C23H17N4NaO5S. The zero-order valence-corrected chi connectivity index (χ0v) is 21.1. The van der Waals surface area contributed by atoms with Crippen LogP contribution in [0, 0.1) is 0 Å². The molecule has 0 fully saturated rings. The van der Waals surface area contributed by atoms with E-state index in [1.165, 1.54) is 37.4 Å². The van der Waals surface area contributed by atoms with Crippen molar-refractivity contribution in [3.8, 4) is 11.5 Å². The number of azo groups is 2. The van der Waals surface area contributed by atoms with Gasteiger partial charge in [-0.25, -0.2) is 0 Å². The number of rotatable bonds is 6. The standard InChI is InChI=1S/C23H18N4O5S.Na/c1-32-23-5-3-2-4-22(23)27-26-21-13-12-20(25-24-15-6-8-16(28)9-7-15)18-11-10-17(14-19(18)21)33(29,30)31;/h2-14,28H,1H3,(H,29,30,31);/q;+1/p-1. The van der Waals surface area contributed by atoms with Gasteiger partial charge in [0.1, 0.15) is 11.4 Å². The van der Waals surface area contributed by atoms with Crippen LogP contribution in [0.5, 0.6) is 11.5 Å². The first kappa shape index (κ1) is 25.5. The van der Waals surface area contributed by atoms with Gasteiger partial charge < -0.3 is 9.84 Å². The molecule has 0 saturated carbocycles. The minimum atomic E-state index is -4.44. The number of ether oxygens (including phenoxy) is 1. The van der Waals surface area contributed by atoms with Crippen LogP contribution in [0.3, 0.4) is 0 Å². The summed E-state index contributed by atoms with van der Waals surface area (Å²) in [6.07, 6.45) is 0. The fraction of sp³-hybridized carbons (Fsp3) is 0.0435. The molecule has 0 bridgehead atoms. The first-order chi connectivity index (χ1) is 15.8. The topological polar surface area (TPSA) is 136 Å². The fourth-order valence-electron chi connectivity index (χ4n) is 3.08. The van der Waals surface area contributed by atoms with E-state index in [-0.39, 0.29) is 40.2 Å². The monoisotopic (exact) mass is 484 g/mol. The van der Waals surface area contributed by atoms with Crippen LogP contribution in [-0.4, -0.2) is 20.1 Å². The van der Waals surface area contributed by atoms with E-state index < -0.39 is 10.1 Å². The van der Waals surface area contributed by atoms with E-state index >= 15 is 0 Å². The average molecular weight is 484 g/mol. The van der Waals surface area contributed by atoms with Crippen molar-refractivity contribution in [1.29, 1.82) is 0 Å². The van der Waals surface area contributed by atoms with E-state index in [1.54, 1.807) is 48.5 Å². The molecular weight excluding hydrogens is 467 g/mol. The van der Waals surface area contributed by atoms with Crippen molar-refractivity contribution in [3.05, 3.63) is 78.9 Å². The Balaban J connectivity index is 0.00000324. The molecule has 0 radical (unpaired) electrons. The molecule has 11 heteroatoms. The first-order valence-electron chi connectivity index (χ1n) is 9.63. The second kappa shape index (κ2) is 10.9. The molecule has 4 rings (SSSR count). The summed E-state index contributed by atoms with van der Waals surface area (Å²) in [6.45, 7) is 0. The van der Waals surface area contributed by atoms with Crippen molar-refractivity contribution in [3.63, 3.8) is 0 Å². The molecule has 166 valence electrons. The molecule has 0 aliphatic rings. The number of hydrogen-bond donors (Lipinski definition) is 1. The molecule has 9 nitrogen and oxygen atoms in total. The minimum Gasteiger partial charge on any atom is -0.872 e. The molecule has 34 heavy (non-hydrogen) atoms. The Kier molecular flexibility index (Phi) is 8.13. The molecule has 0 aromatic heterocycles. The maximum atomic E-state index is 11.7. The number of benzene rings is 4. The predicted molar refractivity (Wildman–Crippen MR) is 121 cm³/mol. The van der Waals surface area contributed by atoms with Crippen molar-refractivity contribution in [2.45, 2.75) is 4.90 Å². The molecule has 0 unspecified atom stereocenters. The summed E-state index contributed by atoms with van der Waals surface area (Å²) < 4.78 is 38.1. The first-order valence-corrected chi connectivity index (χ1v) is 11.1. The largest absolute Gasteiger partial charge is 1.00 e. The Labute approximate surface area is 217 Å². The van der Waals surface area contributed by atoms with E-state index in [0.29, 0.717) is 39.3 Å². The molecule has 0 aliphatic heterocycles. The van der Waals surface area contributed by atoms with Crippen LogP contribution < -0.4 is 39.4 Å². The Morgan fingerprint density at radius 2 is 1.38 bits per heavy atom. The molecule has 4 aromatic rings. The smallest absolute Gasteiger partial charge is 0.872 e. The third-order valence-corrected chi connectivity index (χ3v) is 5.55. The van der Waals surface area contributed by atoms with Gasteiger partial charge in [0.25, 0.3) is 10.1 Å². The summed E-state index contributed by atoms with van der Waals surface area (Å²) in [5, 5.41) is 29.1. The quantitative estimate of drug-likeness (QED) is 0.255. The fourth-order valence-corrected chi connectivity index (χ4v) is 3.58. The van der Waals surface area contributed by atoms with E-state index in [4.69, 9.17) is 4.74 Å². The molecule has 0 spiro atoms. The number of methoxy groups -OCH3 is 1. The molecule has 0 saturated heterocycles. The third kappa shape index (κ3) is 5.85. The van der Waals surface area contributed by atoms with Gasteiger partial charge in [0.05, 0.1) is 29.1 Å². The van der Waals surface area contributed by atoms with E-state index in [1.807, 2.05) is 0 Å². The predicted octanol–water partition coefficient (Wildman–Crippen LogP) is 3.00. The zero-order chi connectivity index (χ0) is 23.4. The number of fused-ring (bicyclic) bond motifs is 1.